The Morgan fingerprint density at radius 2 is 2.07 bits per heavy atom. The van der Waals surface area contributed by atoms with Crippen LogP contribution in [0.5, 0.6) is 0 Å². The molecule has 1 atom stereocenters. The van der Waals surface area contributed by atoms with E-state index >= 15 is 0 Å². The third-order valence-corrected chi connectivity index (χ3v) is 5.41. The van der Waals surface area contributed by atoms with E-state index in [1.165, 1.54) is 15.8 Å². The zero-order chi connectivity index (χ0) is 21.6. The number of rotatable bonds is 3. The molecule has 0 aliphatic carbocycles. The number of fused-ring (bicyclic) bond motifs is 2. The van der Waals surface area contributed by atoms with Crippen molar-refractivity contribution < 1.29 is 22.8 Å². The Morgan fingerprint density at radius 1 is 1.30 bits per heavy atom. The van der Waals surface area contributed by atoms with Crippen LogP contribution in [0, 0.1) is 0 Å². The van der Waals surface area contributed by atoms with Crippen LogP contribution in [-0.2, 0) is 13.1 Å². The van der Waals surface area contributed by atoms with Gasteiger partial charge in [0.2, 0.25) is 0 Å². The Balaban J connectivity index is 1.55. The van der Waals surface area contributed by atoms with Crippen molar-refractivity contribution in [3.05, 3.63) is 52.4 Å². The number of alkyl halides is 3. The fraction of sp³-hybridized carbons (Fsp3) is 0.316. The maximum Gasteiger partial charge on any atom is 0.408 e. The molecule has 1 aromatic carbocycles. The highest BCUT2D eigenvalue weighted by molar-refractivity contribution is 6.35. The van der Waals surface area contributed by atoms with Gasteiger partial charge in [0.1, 0.15) is 11.7 Å². The molecule has 2 amide bonds. The highest BCUT2D eigenvalue weighted by Gasteiger charge is 2.38. The van der Waals surface area contributed by atoms with Gasteiger partial charge in [0.25, 0.3) is 11.8 Å². The summed E-state index contributed by atoms with van der Waals surface area (Å²) >= 11 is 6.16. The van der Waals surface area contributed by atoms with Crippen molar-refractivity contribution in [1.29, 1.82) is 0 Å². The van der Waals surface area contributed by atoms with E-state index in [4.69, 9.17) is 11.6 Å². The summed E-state index contributed by atoms with van der Waals surface area (Å²) in [6, 6.07) is 4.94. The number of carbonyl (C=O) groups is 2. The number of carbonyl (C=O) groups excluding carboxylic acids is 2. The number of halogens is 4. The molecule has 11 heteroatoms. The van der Waals surface area contributed by atoms with Crippen molar-refractivity contribution in [3.63, 3.8) is 0 Å². The lowest BCUT2D eigenvalue weighted by molar-refractivity contribution is -0.149. The molecule has 0 fully saturated rings. The second-order valence-electron chi connectivity index (χ2n) is 7.08. The topological polar surface area (TPSA) is 83.0 Å². The van der Waals surface area contributed by atoms with Gasteiger partial charge in [-0.25, -0.2) is 0 Å². The quantitative estimate of drug-likeness (QED) is 0.656. The number of amides is 2. The number of H-pyrrole nitrogens is 1. The van der Waals surface area contributed by atoms with Gasteiger partial charge in [-0.05, 0) is 25.1 Å². The van der Waals surface area contributed by atoms with Gasteiger partial charge in [-0.3, -0.25) is 14.3 Å². The predicted octanol–water partition coefficient (Wildman–Crippen LogP) is 3.35. The van der Waals surface area contributed by atoms with Crippen LogP contribution in [0.15, 0.2) is 30.5 Å². The van der Waals surface area contributed by atoms with Crippen molar-refractivity contribution in [2.45, 2.75) is 32.2 Å². The summed E-state index contributed by atoms with van der Waals surface area (Å²) in [6.07, 6.45) is -3.33. The van der Waals surface area contributed by atoms with E-state index in [1.807, 2.05) is 5.32 Å². The zero-order valence-electron chi connectivity index (χ0n) is 15.8. The van der Waals surface area contributed by atoms with E-state index in [9.17, 15) is 22.8 Å². The monoisotopic (exact) mass is 439 g/mol. The summed E-state index contributed by atoms with van der Waals surface area (Å²) in [7, 11) is 0. The molecule has 7 nitrogen and oxygen atoms in total. The Hall–Kier alpha value is -3.01. The van der Waals surface area contributed by atoms with Gasteiger partial charge < -0.3 is 15.2 Å². The molecule has 2 aromatic heterocycles. The molecule has 0 spiro atoms. The van der Waals surface area contributed by atoms with Crippen molar-refractivity contribution in [2.24, 2.45) is 0 Å². The lowest BCUT2D eigenvalue weighted by Crippen LogP contribution is -2.44. The van der Waals surface area contributed by atoms with E-state index in [2.05, 4.69) is 10.1 Å². The van der Waals surface area contributed by atoms with Gasteiger partial charge in [-0.2, -0.15) is 18.3 Å². The van der Waals surface area contributed by atoms with E-state index in [1.54, 1.807) is 24.3 Å². The van der Waals surface area contributed by atoms with Crippen LogP contribution >= 0.6 is 11.6 Å². The van der Waals surface area contributed by atoms with Gasteiger partial charge in [0.05, 0.1) is 30.5 Å². The fourth-order valence-corrected chi connectivity index (χ4v) is 3.60. The predicted molar refractivity (Wildman–Crippen MR) is 103 cm³/mol. The minimum Gasteiger partial charge on any atom is -0.350 e. The molecule has 1 aliphatic rings. The Kier molecular flexibility index (Phi) is 4.97. The largest absolute Gasteiger partial charge is 0.408 e. The normalized spacial score (nSPS) is 15.2. The molecule has 3 aromatic rings. The lowest BCUT2D eigenvalue weighted by atomic mass is 10.1. The maximum atomic E-state index is 13.0. The number of benzene rings is 1. The molecule has 1 aliphatic heterocycles. The average Bonchev–Trinajstić information content (AvgIpc) is 3.31. The second-order valence-corrected chi connectivity index (χ2v) is 7.48. The first-order chi connectivity index (χ1) is 14.1. The average molecular weight is 440 g/mol. The number of aromatic nitrogens is 3. The number of nitrogens with zero attached hydrogens (tertiary/aromatic N) is 3. The Labute approximate surface area is 173 Å². The van der Waals surface area contributed by atoms with Crippen molar-refractivity contribution in [2.75, 3.05) is 6.54 Å². The van der Waals surface area contributed by atoms with Crippen LogP contribution in [0.1, 0.15) is 33.5 Å². The summed E-state index contributed by atoms with van der Waals surface area (Å²) in [5.74, 6) is -1.18. The van der Waals surface area contributed by atoms with Crippen LogP contribution in [0.25, 0.3) is 10.9 Å². The van der Waals surface area contributed by atoms with Crippen LogP contribution in [-0.4, -0.2) is 50.2 Å². The number of aromatic amines is 1. The number of hydrogen-bond acceptors (Lipinski definition) is 3. The maximum absolute atomic E-state index is 13.0. The molecular weight excluding hydrogens is 423 g/mol. The molecule has 0 saturated carbocycles. The highest BCUT2D eigenvalue weighted by Crippen LogP contribution is 2.26. The fourth-order valence-electron chi connectivity index (χ4n) is 3.37. The van der Waals surface area contributed by atoms with Crippen molar-refractivity contribution >= 4 is 34.3 Å². The molecule has 0 radical (unpaired) electrons. The summed E-state index contributed by atoms with van der Waals surface area (Å²) in [5, 5.41) is 7.23. The molecule has 30 heavy (non-hydrogen) atoms. The molecule has 2 N–H and O–H groups in total. The van der Waals surface area contributed by atoms with Crippen LogP contribution in [0.4, 0.5) is 13.2 Å². The molecule has 4 rings (SSSR count). The van der Waals surface area contributed by atoms with Crippen molar-refractivity contribution in [3.8, 4) is 0 Å². The Bertz CT molecular complexity index is 1140. The van der Waals surface area contributed by atoms with Gasteiger partial charge in [-0.15, -0.1) is 0 Å². The molecule has 3 heterocycles. The third-order valence-electron chi connectivity index (χ3n) is 5.08. The standard InChI is InChI=1S/C19H17ClF3N5O2/c1-10(19(21,22)23)25-17(29)12-8-24-28-6-5-27(9-16(12)28)18(30)15-7-11-13(20)3-2-4-14(11)26-15/h2-4,7-8,10,26H,5-6,9H2,1H3,(H,25,29). The first kappa shape index (κ1) is 20.3. The minimum atomic E-state index is -4.55. The molecule has 0 saturated heterocycles. The van der Waals surface area contributed by atoms with E-state index < -0.39 is 18.1 Å². The van der Waals surface area contributed by atoms with Gasteiger partial charge in [-0.1, -0.05) is 17.7 Å². The number of nitrogens with one attached hydrogen (secondary N) is 2. The highest BCUT2D eigenvalue weighted by atomic mass is 35.5. The van der Waals surface area contributed by atoms with Gasteiger partial charge >= 0.3 is 6.18 Å². The van der Waals surface area contributed by atoms with E-state index in [0.29, 0.717) is 40.4 Å². The van der Waals surface area contributed by atoms with Crippen LogP contribution in [0.3, 0.4) is 0 Å². The summed E-state index contributed by atoms with van der Waals surface area (Å²) < 4.78 is 39.8. The Morgan fingerprint density at radius 3 is 2.77 bits per heavy atom. The smallest absolute Gasteiger partial charge is 0.350 e. The molecule has 0 bridgehead atoms. The van der Waals surface area contributed by atoms with E-state index in [-0.39, 0.29) is 18.0 Å². The summed E-state index contributed by atoms with van der Waals surface area (Å²) in [5.41, 5.74) is 1.45. The first-order valence-electron chi connectivity index (χ1n) is 9.14. The molecule has 1 unspecified atom stereocenters. The van der Waals surface area contributed by atoms with Crippen LogP contribution in [0.2, 0.25) is 5.02 Å². The van der Waals surface area contributed by atoms with Crippen molar-refractivity contribution in [1.82, 2.24) is 25.0 Å². The SMILES string of the molecule is CC(NC(=O)c1cnn2c1CN(C(=O)c1cc3c(Cl)cccc3[nH]1)CC2)C(F)(F)F. The molecule has 158 valence electrons. The van der Waals surface area contributed by atoms with Gasteiger partial charge in [0.15, 0.2) is 0 Å². The van der Waals surface area contributed by atoms with Crippen LogP contribution < -0.4 is 5.32 Å². The number of hydrogen-bond donors (Lipinski definition) is 2. The first-order valence-corrected chi connectivity index (χ1v) is 9.51. The third kappa shape index (κ3) is 3.62. The van der Waals surface area contributed by atoms with Gasteiger partial charge in [0, 0.05) is 22.5 Å². The zero-order valence-corrected chi connectivity index (χ0v) is 16.5. The lowest BCUT2D eigenvalue weighted by Gasteiger charge is -2.28. The summed E-state index contributed by atoms with van der Waals surface area (Å²) in [4.78, 5) is 29.9. The second kappa shape index (κ2) is 7.35. The summed E-state index contributed by atoms with van der Waals surface area (Å²) in [6.45, 7) is 1.58. The van der Waals surface area contributed by atoms with E-state index in [0.717, 1.165) is 6.92 Å². The minimum absolute atomic E-state index is 0.0169. The molecular formula is C19H17ClF3N5O2.